The minimum Gasteiger partial charge on any atom is -0.469 e. The van der Waals surface area contributed by atoms with Crippen LogP contribution in [0, 0.1) is 0 Å². The molecule has 16 heavy (non-hydrogen) atoms. The highest BCUT2D eigenvalue weighted by Crippen LogP contribution is 2.34. The second kappa shape index (κ2) is 5.14. The van der Waals surface area contributed by atoms with E-state index in [1.807, 2.05) is 17.5 Å². The minimum atomic E-state index is -0.0110. The van der Waals surface area contributed by atoms with Crippen LogP contribution in [0.2, 0.25) is 0 Å². The summed E-state index contributed by atoms with van der Waals surface area (Å²) in [6.07, 6.45) is 2.57. The molecular formula is C11H13BrN2OS. The number of halogens is 1. The van der Waals surface area contributed by atoms with Gasteiger partial charge in [0.2, 0.25) is 0 Å². The molecular weight excluding hydrogens is 288 g/mol. The van der Waals surface area contributed by atoms with Gasteiger partial charge in [0.15, 0.2) is 0 Å². The molecule has 5 heteroatoms. The van der Waals surface area contributed by atoms with Crippen molar-refractivity contribution in [3.8, 4) is 0 Å². The second-order valence-electron chi connectivity index (χ2n) is 3.39. The SMILES string of the molecule is CCc1occc1C(NN)c1sccc1Br. The number of furan rings is 1. The Morgan fingerprint density at radius 1 is 1.56 bits per heavy atom. The molecule has 0 aliphatic carbocycles. The maximum absolute atomic E-state index is 5.64. The highest BCUT2D eigenvalue weighted by Gasteiger charge is 2.20. The summed E-state index contributed by atoms with van der Waals surface area (Å²) in [5.41, 5.74) is 3.95. The predicted octanol–water partition coefficient (Wildman–Crippen LogP) is 3.22. The first-order valence-corrected chi connectivity index (χ1v) is 6.70. The highest BCUT2D eigenvalue weighted by molar-refractivity contribution is 9.10. The molecule has 0 spiro atoms. The molecule has 1 unspecified atom stereocenters. The Morgan fingerprint density at radius 2 is 2.38 bits per heavy atom. The van der Waals surface area contributed by atoms with Crippen LogP contribution in [-0.2, 0) is 6.42 Å². The molecule has 2 heterocycles. The van der Waals surface area contributed by atoms with E-state index in [1.54, 1.807) is 17.6 Å². The molecule has 0 saturated heterocycles. The summed E-state index contributed by atoms with van der Waals surface area (Å²) in [5, 5.41) is 2.04. The smallest absolute Gasteiger partial charge is 0.108 e. The van der Waals surface area contributed by atoms with Gasteiger partial charge in [-0.15, -0.1) is 11.3 Å². The standard InChI is InChI=1S/C11H13BrN2OS/c1-2-9-7(3-5-15-9)10(14-13)11-8(12)4-6-16-11/h3-6,10,14H,2,13H2,1H3. The van der Waals surface area contributed by atoms with Gasteiger partial charge in [-0.05, 0) is 33.4 Å². The maximum atomic E-state index is 5.64. The predicted molar refractivity (Wildman–Crippen MR) is 69.3 cm³/mol. The molecule has 1 atom stereocenters. The molecule has 0 bridgehead atoms. The van der Waals surface area contributed by atoms with Gasteiger partial charge in [-0.3, -0.25) is 5.84 Å². The quantitative estimate of drug-likeness (QED) is 0.673. The Hall–Kier alpha value is -0.620. The number of hydrogen-bond acceptors (Lipinski definition) is 4. The maximum Gasteiger partial charge on any atom is 0.108 e. The van der Waals surface area contributed by atoms with E-state index in [9.17, 15) is 0 Å². The lowest BCUT2D eigenvalue weighted by Crippen LogP contribution is -2.28. The number of nitrogens with one attached hydrogen (secondary N) is 1. The normalized spacial score (nSPS) is 12.9. The van der Waals surface area contributed by atoms with E-state index in [-0.39, 0.29) is 6.04 Å². The fraction of sp³-hybridized carbons (Fsp3) is 0.273. The van der Waals surface area contributed by atoms with Crippen LogP contribution in [0.1, 0.15) is 29.2 Å². The fourth-order valence-electron chi connectivity index (χ4n) is 1.71. The van der Waals surface area contributed by atoms with Crippen molar-refractivity contribution < 1.29 is 4.42 Å². The van der Waals surface area contributed by atoms with Crippen LogP contribution >= 0.6 is 27.3 Å². The zero-order chi connectivity index (χ0) is 11.5. The molecule has 0 aliphatic rings. The molecule has 3 N–H and O–H groups in total. The van der Waals surface area contributed by atoms with Gasteiger partial charge in [0.1, 0.15) is 5.76 Å². The molecule has 0 amide bonds. The van der Waals surface area contributed by atoms with E-state index in [0.29, 0.717) is 0 Å². The molecule has 0 saturated carbocycles. The van der Waals surface area contributed by atoms with Gasteiger partial charge in [-0.1, -0.05) is 6.92 Å². The molecule has 0 aliphatic heterocycles. The van der Waals surface area contributed by atoms with Crippen molar-refractivity contribution in [1.29, 1.82) is 0 Å². The van der Waals surface area contributed by atoms with E-state index in [2.05, 4.69) is 28.3 Å². The zero-order valence-corrected chi connectivity index (χ0v) is 11.3. The molecule has 3 nitrogen and oxygen atoms in total. The summed E-state index contributed by atoms with van der Waals surface area (Å²) in [7, 11) is 0. The Kier molecular flexibility index (Phi) is 3.81. The van der Waals surface area contributed by atoms with Crippen molar-refractivity contribution in [3.05, 3.63) is 44.4 Å². The van der Waals surface area contributed by atoms with E-state index < -0.39 is 0 Å². The van der Waals surface area contributed by atoms with Crippen molar-refractivity contribution in [3.63, 3.8) is 0 Å². The van der Waals surface area contributed by atoms with Gasteiger partial charge in [0.05, 0.1) is 12.3 Å². The molecule has 2 aromatic heterocycles. The molecule has 86 valence electrons. The van der Waals surface area contributed by atoms with Gasteiger partial charge in [0, 0.05) is 21.3 Å². The lowest BCUT2D eigenvalue weighted by Gasteiger charge is -2.14. The van der Waals surface area contributed by atoms with E-state index in [1.165, 1.54) is 4.88 Å². The third kappa shape index (κ3) is 2.08. The van der Waals surface area contributed by atoms with Crippen molar-refractivity contribution in [2.45, 2.75) is 19.4 Å². The first kappa shape index (κ1) is 11.9. The molecule has 2 rings (SSSR count). The summed E-state index contributed by atoms with van der Waals surface area (Å²) >= 11 is 5.19. The van der Waals surface area contributed by atoms with Crippen molar-refractivity contribution >= 4 is 27.3 Å². The third-order valence-electron chi connectivity index (χ3n) is 2.49. The lowest BCUT2D eigenvalue weighted by molar-refractivity contribution is 0.502. The van der Waals surface area contributed by atoms with Gasteiger partial charge >= 0.3 is 0 Å². The van der Waals surface area contributed by atoms with Crippen LogP contribution in [-0.4, -0.2) is 0 Å². The Balaban J connectivity index is 2.40. The first-order valence-electron chi connectivity index (χ1n) is 5.03. The van der Waals surface area contributed by atoms with Gasteiger partial charge in [0.25, 0.3) is 0 Å². The number of thiophene rings is 1. The number of hydrogen-bond donors (Lipinski definition) is 2. The zero-order valence-electron chi connectivity index (χ0n) is 8.87. The van der Waals surface area contributed by atoms with E-state index in [4.69, 9.17) is 10.3 Å². The summed E-state index contributed by atoms with van der Waals surface area (Å²) in [6, 6.07) is 3.98. The summed E-state index contributed by atoms with van der Waals surface area (Å²) in [5.74, 6) is 6.62. The average molecular weight is 301 g/mol. The van der Waals surface area contributed by atoms with Crippen LogP contribution in [0.3, 0.4) is 0 Å². The third-order valence-corrected chi connectivity index (χ3v) is 4.42. The first-order chi connectivity index (χ1) is 7.77. The van der Waals surface area contributed by atoms with Gasteiger partial charge < -0.3 is 4.42 Å². The molecule has 2 aromatic rings. The van der Waals surface area contributed by atoms with Crippen LogP contribution in [0.25, 0.3) is 0 Å². The van der Waals surface area contributed by atoms with Gasteiger partial charge in [-0.25, -0.2) is 5.43 Å². The highest BCUT2D eigenvalue weighted by atomic mass is 79.9. The Morgan fingerprint density at radius 3 is 2.94 bits per heavy atom. The van der Waals surface area contributed by atoms with E-state index >= 15 is 0 Å². The molecule has 0 radical (unpaired) electrons. The minimum absolute atomic E-state index is 0.0110. The number of rotatable bonds is 4. The summed E-state index contributed by atoms with van der Waals surface area (Å²) < 4.78 is 6.50. The van der Waals surface area contributed by atoms with Crippen molar-refractivity contribution in [1.82, 2.24) is 5.43 Å². The van der Waals surface area contributed by atoms with Crippen molar-refractivity contribution in [2.75, 3.05) is 0 Å². The summed E-state index contributed by atoms with van der Waals surface area (Å²) in [6.45, 7) is 2.07. The second-order valence-corrected chi connectivity index (χ2v) is 5.19. The monoisotopic (exact) mass is 300 g/mol. The summed E-state index contributed by atoms with van der Waals surface area (Å²) in [4.78, 5) is 1.17. The lowest BCUT2D eigenvalue weighted by atomic mass is 10.1. The molecule has 0 aromatic carbocycles. The largest absolute Gasteiger partial charge is 0.469 e. The number of hydrazine groups is 1. The van der Waals surface area contributed by atoms with Crippen LogP contribution in [0.4, 0.5) is 0 Å². The van der Waals surface area contributed by atoms with Crippen LogP contribution in [0.15, 0.2) is 32.7 Å². The Labute approximate surface area is 107 Å². The number of aryl methyl sites for hydroxylation is 1. The van der Waals surface area contributed by atoms with Gasteiger partial charge in [-0.2, -0.15) is 0 Å². The number of nitrogens with two attached hydrogens (primary N) is 1. The van der Waals surface area contributed by atoms with Crippen molar-refractivity contribution in [2.24, 2.45) is 5.84 Å². The van der Waals surface area contributed by atoms with Crippen LogP contribution < -0.4 is 11.3 Å². The van der Waals surface area contributed by atoms with E-state index in [0.717, 1.165) is 22.2 Å². The Bertz CT molecular complexity index is 466. The average Bonchev–Trinajstić information content (AvgIpc) is 2.90. The molecule has 0 fully saturated rings. The topological polar surface area (TPSA) is 51.2 Å². The van der Waals surface area contributed by atoms with Crippen LogP contribution in [0.5, 0.6) is 0 Å². The fourth-order valence-corrected chi connectivity index (χ4v) is 3.39.